The number of benzene rings is 1. The van der Waals surface area contributed by atoms with Crippen LogP contribution in [-0.2, 0) is 16.8 Å². The van der Waals surface area contributed by atoms with Gasteiger partial charge < -0.3 is 10.6 Å². The first-order valence-electron chi connectivity index (χ1n) is 12.8. The molecule has 0 bridgehead atoms. The van der Waals surface area contributed by atoms with E-state index in [-0.39, 0.29) is 23.1 Å². The highest BCUT2D eigenvalue weighted by Crippen LogP contribution is 2.30. The van der Waals surface area contributed by atoms with E-state index in [1.807, 2.05) is 18.2 Å². The van der Waals surface area contributed by atoms with Crippen molar-refractivity contribution < 1.29 is 9.59 Å². The van der Waals surface area contributed by atoms with Crippen LogP contribution in [0.4, 0.5) is 5.69 Å². The maximum Gasteiger partial charge on any atom is 0.265 e. The average molecular weight is 482 g/mol. The van der Waals surface area contributed by atoms with Gasteiger partial charge in [0.15, 0.2) is 0 Å². The number of hydrogen-bond donors (Lipinski definition) is 2. The van der Waals surface area contributed by atoms with Crippen molar-refractivity contribution in [2.45, 2.75) is 83.7 Å². The van der Waals surface area contributed by atoms with Crippen LogP contribution in [0.5, 0.6) is 0 Å². The van der Waals surface area contributed by atoms with Crippen molar-refractivity contribution in [1.82, 2.24) is 10.2 Å². The summed E-state index contributed by atoms with van der Waals surface area (Å²) in [6, 6.07) is 12.5. The van der Waals surface area contributed by atoms with Crippen LogP contribution in [0.25, 0.3) is 0 Å². The van der Waals surface area contributed by atoms with Crippen LogP contribution in [0, 0.1) is 5.92 Å². The Hall–Kier alpha value is -2.18. The van der Waals surface area contributed by atoms with E-state index in [9.17, 15) is 9.59 Å². The number of piperidine rings is 1. The minimum absolute atomic E-state index is 0.0487. The third-order valence-corrected chi connectivity index (χ3v) is 8.58. The van der Waals surface area contributed by atoms with Gasteiger partial charge in [-0.2, -0.15) is 0 Å². The van der Waals surface area contributed by atoms with Crippen molar-refractivity contribution in [2.75, 3.05) is 18.4 Å². The summed E-state index contributed by atoms with van der Waals surface area (Å²) in [4.78, 5) is 29.8. The first kappa shape index (κ1) is 24.9. The summed E-state index contributed by atoms with van der Waals surface area (Å²) < 4.78 is 0. The fourth-order valence-corrected chi connectivity index (χ4v) is 5.94. The van der Waals surface area contributed by atoms with Crippen LogP contribution < -0.4 is 10.6 Å². The molecule has 2 N–H and O–H groups in total. The second kappa shape index (κ2) is 11.0. The van der Waals surface area contributed by atoms with Gasteiger partial charge in [-0.3, -0.25) is 14.5 Å². The first-order valence-corrected chi connectivity index (χ1v) is 13.6. The average Bonchev–Trinajstić information content (AvgIpc) is 3.32. The normalized spacial score (nSPS) is 18.6. The molecule has 1 saturated carbocycles. The predicted octanol–water partition coefficient (Wildman–Crippen LogP) is 5.96. The van der Waals surface area contributed by atoms with Gasteiger partial charge in [0.05, 0.1) is 4.88 Å². The van der Waals surface area contributed by atoms with E-state index in [0.717, 1.165) is 55.9 Å². The molecule has 34 heavy (non-hydrogen) atoms. The molecule has 0 atom stereocenters. The molecule has 0 unspecified atom stereocenters. The second-order valence-corrected chi connectivity index (χ2v) is 12.0. The molecule has 4 rings (SSSR count). The van der Waals surface area contributed by atoms with Crippen molar-refractivity contribution in [3.8, 4) is 0 Å². The Kier molecular flexibility index (Phi) is 8.10. The lowest BCUT2D eigenvalue weighted by Gasteiger charge is -2.32. The molecule has 0 radical (unpaired) electrons. The van der Waals surface area contributed by atoms with Crippen LogP contribution in [0.3, 0.4) is 0 Å². The summed E-state index contributed by atoms with van der Waals surface area (Å²) >= 11 is 1.56. The Morgan fingerprint density at radius 3 is 2.41 bits per heavy atom. The van der Waals surface area contributed by atoms with Gasteiger partial charge in [0, 0.05) is 29.1 Å². The summed E-state index contributed by atoms with van der Waals surface area (Å²) in [5.41, 5.74) is 2.06. The molecule has 184 valence electrons. The van der Waals surface area contributed by atoms with E-state index in [2.05, 4.69) is 54.5 Å². The Balaban J connectivity index is 1.26. The van der Waals surface area contributed by atoms with Gasteiger partial charge in [0.2, 0.25) is 5.91 Å². The maximum atomic E-state index is 12.7. The van der Waals surface area contributed by atoms with Crippen LogP contribution in [-0.4, -0.2) is 35.8 Å². The summed E-state index contributed by atoms with van der Waals surface area (Å²) in [6.07, 6.45) is 7.92. The zero-order valence-corrected chi connectivity index (χ0v) is 21.7. The van der Waals surface area contributed by atoms with Gasteiger partial charge in [0.25, 0.3) is 5.91 Å². The zero-order valence-electron chi connectivity index (χ0n) is 20.9. The number of amides is 2. The van der Waals surface area contributed by atoms with Crippen molar-refractivity contribution in [3.05, 3.63) is 51.7 Å². The molecule has 2 aliphatic rings. The molecule has 2 aromatic rings. The fourth-order valence-electron chi connectivity index (χ4n) is 4.98. The number of nitrogens with zero attached hydrogens (tertiary/aromatic N) is 1. The summed E-state index contributed by atoms with van der Waals surface area (Å²) in [5.74, 6) is 0.356. The van der Waals surface area contributed by atoms with E-state index in [4.69, 9.17) is 0 Å². The Morgan fingerprint density at radius 2 is 1.74 bits per heavy atom. The van der Waals surface area contributed by atoms with Gasteiger partial charge in [-0.25, -0.2) is 0 Å². The minimum Gasteiger partial charge on any atom is -0.353 e. The Morgan fingerprint density at radius 1 is 1.00 bits per heavy atom. The number of hydrogen-bond acceptors (Lipinski definition) is 4. The highest BCUT2D eigenvalue weighted by atomic mass is 32.1. The Bertz CT molecular complexity index is 980. The molecule has 1 aliphatic heterocycles. The molecule has 0 spiro atoms. The molecule has 2 heterocycles. The summed E-state index contributed by atoms with van der Waals surface area (Å²) in [6.45, 7) is 9.20. The molecule has 1 aliphatic carbocycles. The lowest BCUT2D eigenvalue weighted by molar-refractivity contribution is -0.127. The summed E-state index contributed by atoms with van der Waals surface area (Å²) in [7, 11) is 0. The molecule has 5 nitrogen and oxygen atoms in total. The molecule has 1 aromatic heterocycles. The van der Waals surface area contributed by atoms with Crippen LogP contribution >= 0.6 is 11.3 Å². The molecular formula is C28H39N3O2S. The highest BCUT2D eigenvalue weighted by Gasteiger charge is 2.27. The smallest absolute Gasteiger partial charge is 0.265 e. The quantitative estimate of drug-likeness (QED) is 0.535. The van der Waals surface area contributed by atoms with E-state index >= 15 is 0 Å². The maximum absolute atomic E-state index is 12.7. The molecule has 2 fully saturated rings. The molecule has 2 amide bonds. The SMILES string of the molecule is CC(C)(C)c1ccc(C(=O)Nc2cccc(CN3CCC(C(=O)NC4CCCCC4)CC3)c2)s1. The third-order valence-electron chi connectivity index (χ3n) is 7.07. The van der Waals surface area contributed by atoms with Crippen molar-refractivity contribution >= 4 is 28.8 Å². The van der Waals surface area contributed by atoms with Crippen molar-refractivity contribution in [3.63, 3.8) is 0 Å². The number of anilines is 1. The van der Waals surface area contributed by atoms with Gasteiger partial charge >= 0.3 is 0 Å². The molecule has 1 aromatic carbocycles. The lowest BCUT2D eigenvalue weighted by Crippen LogP contribution is -2.44. The lowest BCUT2D eigenvalue weighted by atomic mass is 9.92. The number of carbonyl (C=O) groups excluding carboxylic acids is 2. The Labute approximate surface area is 208 Å². The van der Waals surface area contributed by atoms with E-state index in [1.165, 1.54) is 29.7 Å². The first-order chi connectivity index (χ1) is 16.3. The number of rotatable bonds is 6. The minimum atomic E-state index is -0.0533. The van der Waals surface area contributed by atoms with Crippen molar-refractivity contribution in [1.29, 1.82) is 0 Å². The van der Waals surface area contributed by atoms with Gasteiger partial charge in [0.1, 0.15) is 0 Å². The van der Waals surface area contributed by atoms with Gasteiger partial charge in [-0.1, -0.05) is 52.2 Å². The van der Waals surface area contributed by atoms with Crippen molar-refractivity contribution in [2.24, 2.45) is 5.92 Å². The highest BCUT2D eigenvalue weighted by molar-refractivity contribution is 7.14. The number of likely N-dealkylation sites (tertiary alicyclic amines) is 1. The number of carbonyl (C=O) groups is 2. The van der Waals surface area contributed by atoms with Gasteiger partial charge in [-0.15, -0.1) is 11.3 Å². The predicted molar refractivity (Wildman–Crippen MR) is 140 cm³/mol. The standard InChI is InChI=1S/C28H39N3O2S/c1-28(2,3)25-13-12-24(34-25)27(33)30-23-11-7-8-20(18-23)19-31-16-14-21(15-17-31)26(32)29-22-9-5-4-6-10-22/h7-8,11-13,18,21-22H,4-6,9-10,14-17,19H2,1-3H3,(H,29,32)(H,30,33). The van der Waals surface area contributed by atoms with Crippen LogP contribution in [0.2, 0.25) is 0 Å². The van der Waals surface area contributed by atoms with E-state index < -0.39 is 0 Å². The zero-order chi connectivity index (χ0) is 24.1. The topological polar surface area (TPSA) is 61.4 Å². The molecular weight excluding hydrogens is 442 g/mol. The third kappa shape index (κ3) is 6.70. The largest absolute Gasteiger partial charge is 0.353 e. The fraction of sp³-hybridized carbons (Fsp3) is 0.571. The number of nitrogens with one attached hydrogen (secondary N) is 2. The van der Waals surface area contributed by atoms with Crippen LogP contribution in [0.15, 0.2) is 36.4 Å². The van der Waals surface area contributed by atoms with E-state index in [1.54, 1.807) is 11.3 Å². The monoisotopic (exact) mass is 481 g/mol. The second-order valence-electron chi connectivity index (χ2n) is 11.0. The van der Waals surface area contributed by atoms with Gasteiger partial charge in [-0.05, 0) is 74.0 Å². The van der Waals surface area contributed by atoms with Crippen LogP contribution in [0.1, 0.15) is 85.8 Å². The molecule has 6 heteroatoms. The van der Waals surface area contributed by atoms with E-state index in [0.29, 0.717) is 6.04 Å². The molecule has 1 saturated heterocycles. The number of thiophene rings is 1. The summed E-state index contributed by atoms with van der Waals surface area (Å²) in [5, 5.41) is 6.37.